The van der Waals surface area contributed by atoms with Crippen LogP contribution in [-0.2, 0) is 11.4 Å². The van der Waals surface area contributed by atoms with Crippen LogP contribution >= 0.6 is 11.6 Å². The van der Waals surface area contributed by atoms with E-state index in [1.807, 2.05) is 0 Å². The van der Waals surface area contributed by atoms with E-state index in [0.717, 1.165) is 25.9 Å². The Hall–Kier alpha value is -1.46. The van der Waals surface area contributed by atoms with Crippen molar-refractivity contribution in [1.82, 2.24) is 4.90 Å². The summed E-state index contributed by atoms with van der Waals surface area (Å²) in [6, 6.07) is 3.19. The number of methoxy groups -OCH3 is 1. The molecule has 1 fully saturated rings. The second kappa shape index (κ2) is 6.81. The van der Waals surface area contributed by atoms with Crippen LogP contribution in [0.25, 0.3) is 0 Å². The lowest BCUT2D eigenvalue weighted by Gasteiger charge is -2.18. The van der Waals surface area contributed by atoms with E-state index in [4.69, 9.17) is 21.1 Å². The molecule has 20 heavy (non-hydrogen) atoms. The van der Waals surface area contributed by atoms with Crippen molar-refractivity contribution in [1.29, 1.82) is 0 Å². The van der Waals surface area contributed by atoms with Crippen molar-refractivity contribution in [3.63, 3.8) is 0 Å². The summed E-state index contributed by atoms with van der Waals surface area (Å²) < 4.78 is 10.7. The molecule has 0 aliphatic carbocycles. The van der Waals surface area contributed by atoms with E-state index >= 15 is 0 Å². The number of carbonyl (C=O) groups is 1. The molecule has 0 atom stereocenters. The van der Waals surface area contributed by atoms with Crippen LogP contribution in [0.3, 0.4) is 0 Å². The molecule has 0 unspecified atom stereocenters. The van der Waals surface area contributed by atoms with Crippen LogP contribution in [0.5, 0.6) is 11.5 Å². The molecule has 110 valence electrons. The summed E-state index contributed by atoms with van der Waals surface area (Å²) in [7, 11) is 1.49. The number of aliphatic hydroxyl groups is 1. The van der Waals surface area contributed by atoms with E-state index in [0.29, 0.717) is 22.1 Å². The van der Waals surface area contributed by atoms with Gasteiger partial charge in [-0.2, -0.15) is 0 Å². The average Bonchev–Trinajstić information content (AvgIpc) is 2.98. The highest BCUT2D eigenvalue weighted by Crippen LogP contribution is 2.34. The molecule has 0 bridgehead atoms. The third-order valence-corrected chi connectivity index (χ3v) is 3.50. The molecule has 0 radical (unpaired) electrons. The van der Waals surface area contributed by atoms with Gasteiger partial charge in [-0.15, -0.1) is 0 Å². The maximum Gasteiger partial charge on any atom is 0.260 e. The molecule has 1 amide bonds. The molecule has 1 aromatic carbocycles. The number of ether oxygens (including phenoxy) is 2. The largest absolute Gasteiger partial charge is 0.493 e. The van der Waals surface area contributed by atoms with Crippen molar-refractivity contribution >= 4 is 17.5 Å². The minimum absolute atomic E-state index is 0.0524. The Morgan fingerprint density at radius 2 is 2.10 bits per heavy atom. The Labute approximate surface area is 123 Å². The van der Waals surface area contributed by atoms with E-state index in [9.17, 15) is 9.90 Å². The van der Waals surface area contributed by atoms with Gasteiger partial charge in [0.15, 0.2) is 18.1 Å². The van der Waals surface area contributed by atoms with Gasteiger partial charge in [-0.3, -0.25) is 4.79 Å². The number of rotatable bonds is 5. The number of hydrogen-bond acceptors (Lipinski definition) is 4. The number of likely N-dealkylation sites (tertiary alicyclic amines) is 1. The van der Waals surface area contributed by atoms with Crippen LogP contribution in [0.1, 0.15) is 18.4 Å². The molecule has 1 aliphatic rings. The van der Waals surface area contributed by atoms with Crippen molar-refractivity contribution in [3.8, 4) is 11.5 Å². The molecule has 1 aliphatic heterocycles. The molecular formula is C14H18ClNO4. The van der Waals surface area contributed by atoms with Gasteiger partial charge in [0, 0.05) is 29.7 Å². The minimum atomic E-state index is -0.232. The van der Waals surface area contributed by atoms with E-state index in [2.05, 4.69) is 0 Å². The Kier molecular flexibility index (Phi) is 5.09. The van der Waals surface area contributed by atoms with E-state index in [1.165, 1.54) is 7.11 Å². The third kappa shape index (κ3) is 3.35. The first-order chi connectivity index (χ1) is 9.65. The van der Waals surface area contributed by atoms with Crippen LogP contribution in [0.2, 0.25) is 5.02 Å². The van der Waals surface area contributed by atoms with Crippen molar-refractivity contribution < 1.29 is 19.4 Å². The van der Waals surface area contributed by atoms with Gasteiger partial charge in [-0.25, -0.2) is 0 Å². The fourth-order valence-corrected chi connectivity index (χ4v) is 2.48. The minimum Gasteiger partial charge on any atom is -0.493 e. The zero-order valence-corrected chi connectivity index (χ0v) is 12.2. The molecule has 1 saturated heterocycles. The molecule has 1 heterocycles. The Balaban J connectivity index is 2.09. The second-order valence-corrected chi connectivity index (χ2v) is 5.07. The Morgan fingerprint density at radius 1 is 1.40 bits per heavy atom. The zero-order chi connectivity index (χ0) is 14.5. The van der Waals surface area contributed by atoms with Gasteiger partial charge in [0.05, 0.1) is 13.7 Å². The van der Waals surface area contributed by atoms with Gasteiger partial charge in [-0.05, 0) is 18.9 Å². The lowest BCUT2D eigenvalue weighted by Crippen LogP contribution is -2.32. The Bertz CT molecular complexity index is 461. The topological polar surface area (TPSA) is 59.0 Å². The van der Waals surface area contributed by atoms with Gasteiger partial charge in [-0.1, -0.05) is 11.6 Å². The molecule has 6 heteroatoms. The zero-order valence-electron chi connectivity index (χ0n) is 11.4. The highest BCUT2D eigenvalue weighted by Gasteiger charge is 2.20. The first-order valence-electron chi connectivity index (χ1n) is 6.53. The predicted molar refractivity (Wildman–Crippen MR) is 75.2 cm³/mol. The first-order valence-corrected chi connectivity index (χ1v) is 6.91. The molecule has 1 N–H and O–H groups in total. The van der Waals surface area contributed by atoms with Crippen LogP contribution in [0.15, 0.2) is 12.1 Å². The van der Waals surface area contributed by atoms with E-state index in [1.54, 1.807) is 17.0 Å². The van der Waals surface area contributed by atoms with E-state index < -0.39 is 0 Å². The molecule has 0 spiro atoms. The fraction of sp³-hybridized carbons (Fsp3) is 0.500. The normalized spacial score (nSPS) is 14.4. The van der Waals surface area contributed by atoms with Gasteiger partial charge in [0.1, 0.15) is 0 Å². The lowest BCUT2D eigenvalue weighted by molar-refractivity contribution is -0.132. The van der Waals surface area contributed by atoms with Crippen LogP contribution in [-0.4, -0.2) is 42.7 Å². The number of amides is 1. The smallest absolute Gasteiger partial charge is 0.260 e. The molecule has 0 saturated carbocycles. The Morgan fingerprint density at radius 3 is 2.70 bits per heavy atom. The quantitative estimate of drug-likeness (QED) is 0.901. The van der Waals surface area contributed by atoms with Gasteiger partial charge in [0.2, 0.25) is 0 Å². The third-order valence-electron chi connectivity index (χ3n) is 3.29. The maximum absolute atomic E-state index is 12.0. The second-order valence-electron chi connectivity index (χ2n) is 4.63. The summed E-state index contributed by atoms with van der Waals surface area (Å²) in [6.07, 6.45) is 2.08. The predicted octanol–water partition coefficient (Wildman–Crippen LogP) is 1.84. The molecule has 2 rings (SSSR count). The lowest BCUT2D eigenvalue weighted by atomic mass is 10.2. The molecule has 1 aromatic rings. The fourth-order valence-electron chi connectivity index (χ4n) is 2.25. The number of hydrogen-bond donors (Lipinski definition) is 1. The highest BCUT2D eigenvalue weighted by molar-refractivity contribution is 6.30. The van der Waals surface area contributed by atoms with Gasteiger partial charge < -0.3 is 19.5 Å². The summed E-state index contributed by atoms with van der Waals surface area (Å²) in [4.78, 5) is 13.7. The van der Waals surface area contributed by atoms with Crippen LogP contribution < -0.4 is 9.47 Å². The van der Waals surface area contributed by atoms with Crippen molar-refractivity contribution in [2.24, 2.45) is 0 Å². The average molecular weight is 300 g/mol. The number of aliphatic hydroxyl groups excluding tert-OH is 1. The van der Waals surface area contributed by atoms with Gasteiger partial charge in [0.25, 0.3) is 5.91 Å². The first kappa shape index (κ1) is 14.9. The van der Waals surface area contributed by atoms with Gasteiger partial charge >= 0.3 is 0 Å². The summed E-state index contributed by atoms with van der Waals surface area (Å²) in [5, 5.41) is 9.80. The summed E-state index contributed by atoms with van der Waals surface area (Å²) in [5.74, 6) is 0.728. The van der Waals surface area contributed by atoms with Crippen LogP contribution in [0, 0.1) is 0 Å². The van der Waals surface area contributed by atoms with Crippen molar-refractivity contribution in [2.75, 3.05) is 26.8 Å². The summed E-state index contributed by atoms with van der Waals surface area (Å²) in [6.45, 7) is 1.27. The summed E-state index contributed by atoms with van der Waals surface area (Å²) in [5.41, 5.74) is 0.503. The van der Waals surface area contributed by atoms with Crippen molar-refractivity contribution in [3.05, 3.63) is 22.7 Å². The van der Waals surface area contributed by atoms with Crippen molar-refractivity contribution in [2.45, 2.75) is 19.4 Å². The number of carbonyl (C=O) groups excluding carboxylic acids is 1. The number of nitrogens with zero attached hydrogens (tertiary/aromatic N) is 1. The number of halogens is 1. The SMILES string of the molecule is COc1cc(Cl)cc(CO)c1OCC(=O)N1CCCC1. The summed E-state index contributed by atoms with van der Waals surface area (Å²) >= 11 is 5.92. The monoisotopic (exact) mass is 299 g/mol. The van der Waals surface area contributed by atoms with E-state index in [-0.39, 0.29) is 19.1 Å². The standard InChI is InChI=1S/C14H18ClNO4/c1-19-12-7-11(15)6-10(8-17)14(12)20-9-13(18)16-4-2-3-5-16/h6-7,17H,2-5,8-9H2,1H3. The highest BCUT2D eigenvalue weighted by atomic mass is 35.5. The van der Waals surface area contributed by atoms with Crippen LogP contribution in [0.4, 0.5) is 0 Å². The molecule has 5 nitrogen and oxygen atoms in total. The maximum atomic E-state index is 12.0. The number of benzene rings is 1. The molecule has 0 aromatic heterocycles. The molecular weight excluding hydrogens is 282 g/mol.